The van der Waals surface area contributed by atoms with E-state index in [4.69, 9.17) is 0 Å². The molecule has 0 aliphatic rings. The molecule has 0 rings (SSSR count). The Bertz CT molecular complexity index is 307. The smallest absolute Gasteiger partial charge is 0.206 e. The van der Waals surface area contributed by atoms with Crippen LogP contribution in [0.5, 0.6) is 0 Å². The molecule has 4 nitrogen and oxygen atoms in total. The van der Waals surface area contributed by atoms with Crippen LogP contribution in [-0.2, 0) is 19.7 Å². The molecule has 0 N–H and O–H groups in total. The van der Waals surface area contributed by atoms with Crippen LogP contribution >= 0.6 is 0 Å². The Morgan fingerprint density at radius 3 is 1.62 bits per heavy atom. The Balaban J connectivity index is 4.81. The first-order chi connectivity index (χ1) is 5.69. The van der Waals surface area contributed by atoms with Gasteiger partial charge in [-0.15, -0.1) is 0 Å². The van der Waals surface area contributed by atoms with Crippen LogP contribution in [0, 0.1) is 4.58 Å². The first-order valence-electron chi connectivity index (χ1n) is 3.95. The summed E-state index contributed by atoms with van der Waals surface area (Å²) in [4.78, 5) is 0. The Morgan fingerprint density at radius 1 is 1.00 bits per heavy atom. The van der Waals surface area contributed by atoms with E-state index in [9.17, 15) is 16.8 Å². The third-order valence-electron chi connectivity index (χ3n) is 1.56. The molecule has 0 spiro atoms. The number of hydrogen-bond acceptors (Lipinski definition) is 4. The van der Waals surface area contributed by atoms with Crippen LogP contribution in [-0.4, -0.2) is 29.3 Å². The van der Waals surface area contributed by atoms with Gasteiger partial charge in [-0.2, -0.15) is 0 Å². The molecule has 0 aromatic rings. The second-order valence-corrected chi connectivity index (χ2v) is 7.35. The van der Waals surface area contributed by atoms with Gasteiger partial charge in [0.05, 0.1) is 0 Å². The maximum atomic E-state index is 11.1. The van der Waals surface area contributed by atoms with E-state index in [1.807, 2.05) is 6.92 Å². The van der Waals surface area contributed by atoms with Gasteiger partial charge in [0.1, 0.15) is 0 Å². The topological polar surface area (TPSA) is 68.3 Å². The number of rotatable bonds is 5. The van der Waals surface area contributed by atoms with Crippen molar-refractivity contribution in [2.45, 2.75) is 26.2 Å². The van der Waals surface area contributed by atoms with Gasteiger partial charge in [0.2, 0.25) is 4.58 Å². The molecule has 6 heteroatoms. The van der Waals surface area contributed by atoms with Crippen molar-refractivity contribution in [1.29, 1.82) is 0 Å². The molecule has 0 atom stereocenters. The molecule has 0 heterocycles. The minimum absolute atomic E-state index is 0.119. The largest absolute Gasteiger partial charge is 0.227 e. The first kappa shape index (κ1) is 12.9. The van der Waals surface area contributed by atoms with Crippen LogP contribution in [0.1, 0.15) is 26.2 Å². The van der Waals surface area contributed by atoms with Crippen molar-refractivity contribution in [2.75, 3.05) is 12.5 Å². The van der Waals surface area contributed by atoms with Crippen LogP contribution in [0.25, 0.3) is 0 Å². The molecule has 0 amide bonds. The zero-order valence-corrected chi connectivity index (χ0v) is 9.70. The van der Waals surface area contributed by atoms with E-state index >= 15 is 0 Å². The van der Waals surface area contributed by atoms with Gasteiger partial charge >= 0.3 is 0 Å². The summed E-state index contributed by atoms with van der Waals surface area (Å²) < 4.78 is 43.9. The molecule has 0 aliphatic heterocycles. The van der Waals surface area contributed by atoms with Gasteiger partial charge in [0.25, 0.3) is 0 Å². The Morgan fingerprint density at radius 2 is 1.38 bits per heavy atom. The van der Waals surface area contributed by atoms with Gasteiger partial charge < -0.3 is 0 Å². The fraction of sp³-hybridized carbons (Fsp3) is 0.857. The Kier molecular flexibility index (Phi) is 4.38. The van der Waals surface area contributed by atoms with Crippen LogP contribution in [0.2, 0.25) is 0 Å². The highest BCUT2D eigenvalue weighted by atomic mass is 32.3. The van der Waals surface area contributed by atoms with Crippen molar-refractivity contribution in [3.8, 4) is 0 Å². The number of unbranched alkanes of at least 4 members (excludes halogenated alkanes) is 1. The molecule has 0 bridgehead atoms. The van der Waals surface area contributed by atoms with E-state index in [2.05, 4.69) is 0 Å². The molecule has 0 fully saturated rings. The standard InChI is InChI=1S/C7H15O4S2/c1-4-5-6-7(12(2,8)9)13(3,10)11/h4-6H2,1-3H3. The zero-order chi connectivity index (χ0) is 10.7. The highest BCUT2D eigenvalue weighted by Gasteiger charge is 2.31. The zero-order valence-electron chi connectivity index (χ0n) is 8.07. The molecule has 13 heavy (non-hydrogen) atoms. The summed E-state index contributed by atoms with van der Waals surface area (Å²) in [7, 11) is -7.13. The minimum atomic E-state index is -3.57. The fourth-order valence-electron chi connectivity index (χ4n) is 0.967. The third-order valence-corrected chi connectivity index (χ3v) is 5.44. The van der Waals surface area contributed by atoms with Gasteiger partial charge in [0, 0.05) is 12.5 Å². The summed E-state index contributed by atoms with van der Waals surface area (Å²) in [6.07, 6.45) is 3.33. The van der Waals surface area contributed by atoms with Crippen molar-refractivity contribution >= 4 is 19.7 Å². The average Bonchev–Trinajstić information content (AvgIpc) is 1.81. The summed E-state index contributed by atoms with van der Waals surface area (Å²) in [5.74, 6) is 0. The molecular weight excluding hydrogens is 212 g/mol. The van der Waals surface area contributed by atoms with Crippen molar-refractivity contribution in [3.05, 3.63) is 4.58 Å². The lowest BCUT2D eigenvalue weighted by Crippen LogP contribution is -2.20. The van der Waals surface area contributed by atoms with E-state index in [0.717, 1.165) is 18.9 Å². The van der Waals surface area contributed by atoms with E-state index < -0.39 is 19.7 Å². The van der Waals surface area contributed by atoms with Crippen LogP contribution in [0.15, 0.2) is 0 Å². The monoisotopic (exact) mass is 227 g/mol. The van der Waals surface area contributed by atoms with Gasteiger partial charge in [-0.05, 0) is 6.42 Å². The maximum absolute atomic E-state index is 11.1. The van der Waals surface area contributed by atoms with Crippen LogP contribution in [0.3, 0.4) is 0 Å². The highest BCUT2D eigenvalue weighted by molar-refractivity contribution is 8.12. The number of sulfone groups is 2. The summed E-state index contributed by atoms with van der Waals surface area (Å²) >= 11 is 0. The van der Waals surface area contributed by atoms with Gasteiger partial charge in [0.15, 0.2) is 19.7 Å². The van der Waals surface area contributed by atoms with E-state index in [1.54, 1.807) is 0 Å². The second-order valence-electron chi connectivity index (χ2n) is 3.02. The van der Waals surface area contributed by atoms with Gasteiger partial charge in [-0.25, -0.2) is 16.8 Å². The predicted octanol–water partition coefficient (Wildman–Crippen LogP) is 0.755. The molecule has 0 aliphatic carbocycles. The fourth-order valence-corrected chi connectivity index (χ4v) is 4.20. The number of hydrogen-bond donors (Lipinski definition) is 0. The highest BCUT2D eigenvalue weighted by Crippen LogP contribution is 2.22. The third kappa shape index (κ3) is 4.61. The molecule has 0 saturated carbocycles. The quantitative estimate of drug-likeness (QED) is 0.695. The molecule has 0 saturated heterocycles. The normalized spacial score (nSPS) is 13.5. The molecule has 0 aromatic heterocycles. The Hall–Kier alpha value is -0.100. The lowest BCUT2D eigenvalue weighted by Gasteiger charge is -2.10. The van der Waals surface area contributed by atoms with Crippen LogP contribution in [0.4, 0.5) is 0 Å². The molecule has 79 valence electrons. The van der Waals surface area contributed by atoms with E-state index in [-0.39, 0.29) is 11.0 Å². The van der Waals surface area contributed by atoms with Crippen LogP contribution < -0.4 is 0 Å². The maximum Gasteiger partial charge on any atom is 0.206 e. The summed E-state index contributed by atoms with van der Waals surface area (Å²) in [6.45, 7) is 1.88. The minimum Gasteiger partial charge on any atom is -0.227 e. The molecule has 1 radical (unpaired) electrons. The molecule has 0 unspecified atom stereocenters. The lowest BCUT2D eigenvalue weighted by molar-refractivity contribution is 0.587. The van der Waals surface area contributed by atoms with Crippen molar-refractivity contribution < 1.29 is 16.8 Å². The predicted molar refractivity (Wildman–Crippen MR) is 52.5 cm³/mol. The van der Waals surface area contributed by atoms with Crippen molar-refractivity contribution in [2.24, 2.45) is 0 Å². The van der Waals surface area contributed by atoms with Gasteiger partial charge in [-0.1, -0.05) is 19.8 Å². The second kappa shape index (κ2) is 4.41. The van der Waals surface area contributed by atoms with E-state index in [0.29, 0.717) is 6.42 Å². The molecule has 0 aromatic carbocycles. The summed E-state index contributed by atoms with van der Waals surface area (Å²) in [5.41, 5.74) is 0. The summed E-state index contributed by atoms with van der Waals surface area (Å²) in [6, 6.07) is 0. The molecular formula is C7H15O4S2. The van der Waals surface area contributed by atoms with Crippen molar-refractivity contribution in [1.82, 2.24) is 0 Å². The van der Waals surface area contributed by atoms with Gasteiger partial charge in [-0.3, -0.25) is 0 Å². The SMILES string of the molecule is CCCC[C](S(C)(=O)=O)S(C)(=O)=O. The Labute approximate surface area is 80.2 Å². The van der Waals surface area contributed by atoms with E-state index in [1.165, 1.54) is 0 Å². The average molecular weight is 227 g/mol. The summed E-state index contributed by atoms with van der Waals surface area (Å²) in [5, 5.41) is 0. The first-order valence-corrected chi connectivity index (χ1v) is 7.73. The lowest BCUT2D eigenvalue weighted by atomic mass is 10.3. The van der Waals surface area contributed by atoms with Crippen molar-refractivity contribution in [3.63, 3.8) is 0 Å².